The van der Waals surface area contributed by atoms with Gasteiger partial charge >= 0.3 is 0 Å². The van der Waals surface area contributed by atoms with Gasteiger partial charge in [0, 0.05) is 23.6 Å². The van der Waals surface area contributed by atoms with E-state index in [2.05, 4.69) is 11.9 Å². The van der Waals surface area contributed by atoms with Crippen molar-refractivity contribution in [2.75, 3.05) is 6.54 Å². The average Bonchev–Trinajstić information content (AvgIpc) is 2.36. The fourth-order valence-corrected chi connectivity index (χ4v) is 3.89. The largest absolute Gasteiger partial charge is 0.466 e. The molecule has 2 bridgehead atoms. The zero-order valence-electron chi connectivity index (χ0n) is 11.9. The number of nitrogens with one attached hydrogen (secondary N) is 1. The number of ether oxygens (including phenoxy) is 1. The second kappa shape index (κ2) is 5.04. The number of thiocarbonyl (C=S) groups is 1. The number of benzene rings is 1. The van der Waals surface area contributed by atoms with Gasteiger partial charge in [-0.15, -0.1) is 0 Å². The zero-order chi connectivity index (χ0) is 15.4. The Bertz CT molecular complexity index is 649. The standard InChI is InChI=1S/C15H16Cl2N2OS/c1-8(2)7-19-14(21)18-12-6-15(19,3)20-13-10(12)4-9(16)5-11(13)17/h4-5,12H,1,6-7H2,2-3H3,(H,18,21). The predicted molar refractivity (Wildman–Crippen MR) is 90.1 cm³/mol. The maximum Gasteiger partial charge on any atom is 0.184 e. The molecule has 0 saturated carbocycles. The van der Waals surface area contributed by atoms with E-state index in [0.717, 1.165) is 17.6 Å². The highest BCUT2D eigenvalue weighted by Crippen LogP contribution is 2.48. The monoisotopic (exact) mass is 342 g/mol. The molecule has 1 N–H and O–H groups in total. The first kappa shape index (κ1) is 14.9. The highest BCUT2D eigenvalue weighted by Gasteiger charge is 2.48. The van der Waals surface area contributed by atoms with Gasteiger partial charge in [0.05, 0.1) is 11.1 Å². The lowest BCUT2D eigenvalue weighted by molar-refractivity contribution is -0.0640. The van der Waals surface area contributed by atoms with Gasteiger partial charge in [-0.3, -0.25) is 0 Å². The Morgan fingerprint density at radius 2 is 2.29 bits per heavy atom. The van der Waals surface area contributed by atoms with Crippen molar-refractivity contribution in [3.63, 3.8) is 0 Å². The molecule has 1 aromatic rings. The Morgan fingerprint density at radius 3 is 2.95 bits per heavy atom. The SMILES string of the molecule is C=C(C)CN1C(=S)NC2CC1(C)Oc1c(Cl)cc(Cl)cc12. The number of rotatable bonds is 2. The zero-order valence-corrected chi connectivity index (χ0v) is 14.2. The van der Waals surface area contributed by atoms with Crippen LogP contribution in [0.2, 0.25) is 10.0 Å². The van der Waals surface area contributed by atoms with E-state index >= 15 is 0 Å². The van der Waals surface area contributed by atoms with Crippen LogP contribution in [0.5, 0.6) is 5.75 Å². The second-order valence-electron chi connectivity index (χ2n) is 5.83. The van der Waals surface area contributed by atoms with Crippen molar-refractivity contribution in [3.05, 3.63) is 39.9 Å². The van der Waals surface area contributed by atoms with Gasteiger partial charge in [-0.2, -0.15) is 0 Å². The van der Waals surface area contributed by atoms with Crippen LogP contribution >= 0.6 is 35.4 Å². The van der Waals surface area contributed by atoms with Crippen molar-refractivity contribution < 1.29 is 4.74 Å². The van der Waals surface area contributed by atoms with Gasteiger partial charge in [-0.25, -0.2) is 0 Å². The molecule has 0 radical (unpaired) electrons. The fraction of sp³-hybridized carbons (Fsp3) is 0.400. The van der Waals surface area contributed by atoms with Crippen LogP contribution in [0, 0.1) is 0 Å². The molecule has 3 nitrogen and oxygen atoms in total. The van der Waals surface area contributed by atoms with Crippen LogP contribution in [0.15, 0.2) is 24.3 Å². The molecule has 2 aliphatic heterocycles. The molecule has 0 aliphatic carbocycles. The molecule has 0 spiro atoms. The highest BCUT2D eigenvalue weighted by molar-refractivity contribution is 7.80. The summed E-state index contributed by atoms with van der Waals surface area (Å²) in [6.45, 7) is 8.62. The lowest BCUT2D eigenvalue weighted by Gasteiger charge is -2.52. The van der Waals surface area contributed by atoms with Crippen molar-refractivity contribution >= 4 is 40.5 Å². The maximum atomic E-state index is 6.30. The summed E-state index contributed by atoms with van der Waals surface area (Å²) in [7, 11) is 0. The van der Waals surface area contributed by atoms with Crippen molar-refractivity contribution in [2.24, 2.45) is 0 Å². The Labute approximate surface area is 139 Å². The molecule has 1 fully saturated rings. The Balaban J connectivity index is 2.07. The number of halogens is 2. The molecule has 21 heavy (non-hydrogen) atoms. The van der Waals surface area contributed by atoms with E-state index in [9.17, 15) is 0 Å². The lowest BCUT2D eigenvalue weighted by Crippen LogP contribution is -2.64. The Kier molecular flexibility index (Phi) is 3.59. The summed E-state index contributed by atoms with van der Waals surface area (Å²) in [4.78, 5) is 2.02. The molecule has 1 aromatic carbocycles. The Hall–Kier alpha value is -0.970. The van der Waals surface area contributed by atoms with E-state index in [0.29, 0.717) is 27.5 Å². The van der Waals surface area contributed by atoms with E-state index in [1.54, 1.807) is 6.07 Å². The minimum atomic E-state index is -0.531. The van der Waals surface area contributed by atoms with E-state index in [1.807, 2.05) is 24.8 Å². The molecule has 3 rings (SSSR count). The lowest BCUT2D eigenvalue weighted by atomic mass is 9.90. The van der Waals surface area contributed by atoms with Gasteiger partial charge in [0.15, 0.2) is 10.8 Å². The van der Waals surface area contributed by atoms with Gasteiger partial charge in [-0.1, -0.05) is 35.4 Å². The van der Waals surface area contributed by atoms with Gasteiger partial charge in [0.2, 0.25) is 0 Å². The van der Waals surface area contributed by atoms with Crippen LogP contribution in [0.1, 0.15) is 31.9 Å². The van der Waals surface area contributed by atoms with Crippen LogP contribution in [0.25, 0.3) is 0 Å². The molecule has 6 heteroatoms. The summed E-state index contributed by atoms with van der Waals surface area (Å²) in [5.41, 5.74) is 1.45. The van der Waals surface area contributed by atoms with Crippen LogP contribution in [0.3, 0.4) is 0 Å². The van der Waals surface area contributed by atoms with E-state index in [1.165, 1.54) is 0 Å². The summed E-state index contributed by atoms with van der Waals surface area (Å²) >= 11 is 17.9. The Morgan fingerprint density at radius 1 is 1.57 bits per heavy atom. The molecule has 2 atom stereocenters. The maximum absolute atomic E-state index is 6.30. The molecular formula is C15H16Cl2N2OS. The molecule has 2 heterocycles. The number of nitrogens with zero attached hydrogens (tertiary/aromatic N) is 1. The predicted octanol–water partition coefficient (Wildman–Crippen LogP) is 4.30. The average molecular weight is 343 g/mol. The summed E-state index contributed by atoms with van der Waals surface area (Å²) in [6, 6.07) is 3.65. The summed E-state index contributed by atoms with van der Waals surface area (Å²) in [6.07, 6.45) is 0.768. The fourth-order valence-electron chi connectivity index (χ4n) is 2.94. The van der Waals surface area contributed by atoms with Crippen molar-refractivity contribution in [1.29, 1.82) is 0 Å². The van der Waals surface area contributed by atoms with Crippen molar-refractivity contribution in [2.45, 2.75) is 32.0 Å². The van der Waals surface area contributed by atoms with Crippen molar-refractivity contribution in [1.82, 2.24) is 10.2 Å². The molecule has 0 amide bonds. The summed E-state index contributed by atoms with van der Waals surface area (Å²) in [5, 5.41) is 5.15. The smallest absolute Gasteiger partial charge is 0.184 e. The normalized spacial score (nSPS) is 26.8. The summed E-state index contributed by atoms with van der Waals surface area (Å²) in [5.74, 6) is 0.682. The minimum Gasteiger partial charge on any atom is -0.466 e. The highest BCUT2D eigenvalue weighted by atomic mass is 35.5. The topological polar surface area (TPSA) is 24.5 Å². The molecular weight excluding hydrogens is 327 g/mol. The molecule has 2 aliphatic rings. The first-order chi connectivity index (χ1) is 9.80. The number of hydrogen-bond donors (Lipinski definition) is 1. The molecule has 0 aromatic heterocycles. The third-order valence-electron chi connectivity index (χ3n) is 3.86. The molecule has 2 unspecified atom stereocenters. The van der Waals surface area contributed by atoms with E-state index in [-0.39, 0.29) is 6.04 Å². The molecule has 1 saturated heterocycles. The van der Waals surface area contributed by atoms with Crippen LogP contribution < -0.4 is 10.1 Å². The first-order valence-corrected chi connectivity index (χ1v) is 7.87. The quantitative estimate of drug-likeness (QED) is 0.639. The van der Waals surface area contributed by atoms with Crippen LogP contribution in [0.4, 0.5) is 0 Å². The third-order valence-corrected chi connectivity index (χ3v) is 4.70. The van der Waals surface area contributed by atoms with Gasteiger partial charge in [0.25, 0.3) is 0 Å². The van der Waals surface area contributed by atoms with Crippen LogP contribution in [-0.2, 0) is 0 Å². The number of hydrogen-bond acceptors (Lipinski definition) is 2. The molecule has 112 valence electrons. The van der Waals surface area contributed by atoms with Gasteiger partial charge in [-0.05, 0) is 38.2 Å². The minimum absolute atomic E-state index is 0.0591. The number of fused-ring (bicyclic) bond motifs is 4. The second-order valence-corrected chi connectivity index (χ2v) is 7.06. The van der Waals surface area contributed by atoms with Gasteiger partial charge in [0.1, 0.15) is 5.75 Å². The van der Waals surface area contributed by atoms with E-state index < -0.39 is 5.72 Å². The third kappa shape index (κ3) is 2.50. The summed E-state index contributed by atoms with van der Waals surface area (Å²) < 4.78 is 6.23. The first-order valence-electron chi connectivity index (χ1n) is 6.70. The van der Waals surface area contributed by atoms with Crippen molar-refractivity contribution in [3.8, 4) is 5.75 Å². The van der Waals surface area contributed by atoms with Crippen LogP contribution in [-0.4, -0.2) is 22.3 Å². The van der Waals surface area contributed by atoms with Gasteiger partial charge < -0.3 is 15.0 Å². The van der Waals surface area contributed by atoms with E-state index in [4.69, 9.17) is 40.2 Å².